The van der Waals surface area contributed by atoms with Gasteiger partial charge in [0.15, 0.2) is 11.5 Å². The van der Waals surface area contributed by atoms with Gasteiger partial charge in [0, 0.05) is 17.8 Å². The minimum Gasteiger partial charge on any atom is -0.492 e. The first-order valence-electron chi connectivity index (χ1n) is 6.79. The molecule has 6 heteroatoms. The van der Waals surface area contributed by atoms with Crippen LogP contribution in [0.25, 0.3) is 0 Å². The van der Waals surface area contributed by atoms with Crippen LogP contribution in [0.3, 0.4) is 0 Å². The summed E-state index contributed by atoms with van der Waals surface area (Å²) >= 11 is 0. The van der Waals surface area contributed by atoms with Gasteiger partial charge in [0.25, 0.3) is 0 Å². The predicted octanol–water partition coefficient (Wildman–Crippen LogP) is 2.31. The normalized spacial score (nSPS) is 12.3. The molecule has 1 aliphatic heterocycles. The highest BCUT2D eigenvalue weighted by Gasteiger charge is 2.13. The van der Waals surface area contributed by atoms with Crippen molar-refractivity contribution in [1.82, 2.24) is 9.97 Å². The highest BCUT2D eigenvalue weighted by molar-refractivity contribution is 5.46. The number of hydrogen-bond donors (Lipinski definition) is 1. The highest BCUT2D eigenvalue weighted by atomic mass is 16.7. The fourth-order valence-corrected chi connectivity index (χ4v) is 2.12. The van der Waals surface area contributed by atoms with E-state index in [2.05, 4.69) is 15.3 Å². The number of ether oxygens (including phenoxy) is 3. The van der Waals surface area contributed by atoms with Gasteiger partial charge in [0.1, 0.15) is 24.0 Å². The lowest BCUT2D eigenvalue weighted by atomic mass is 10.3. The first kappa shape index (κ1) is 13.5. The van der Waals surface area contributed by atoms with Gasteiger partial charge in [0.2, 0.25) is 6.79 Å². The van der Waals surface area contributed by atoms with Gasteiger partial charge < -0.3 is 19.5 Å². The van der Waals surface area contributed by atoms with Gasteiger partial charge >= 0.3 is 0 Å². The van der Waals surface area contributed by atoms with E-state index in [1.54, 1.807) is 0 Å². The molecule has 1 aromatic carbocycles. The number of fused-ring (bicyclic) bond motifs is 1. The minimum atomic E-state index is 0.271. The zero-order valence-electron chi connectivity index (χ0n) is 12.0. The van der Waals surface area contributed by atoms with Crippen LogP contribution in [0.5, 0.6) is 17.2 Å². The van der Waals surface area contributed by atoms with E-state index in [0.29, 0.717) is 13.2 Å². The molecule has 0 saturated heterocycles. The van der Waals surface area contributed by atoms with E-state index in [-0.39, 0.29) is 6.79 Å². The van der Waals surface area contributed by atoms with Crippen LogP contribution in [-0.4, -0.2) is 29.9 Å². The second-order valence-corrected chi connectivity index (χ2v) is 4.73. The summed E-state index contributed by atoms with van der Waals surface area (Å²) in [7, 11) is 0. The van der Waals surface area contributed by atoms with Crippen molar-refractivity contribution in [3.05, 3.63) is 35.8 Å². The first-order chi connectivity index (χ1) is 10.2. The Morgan fingerprint density at radius 3 is 2.86 bits per heavy atom. The molecule has 2 aromatic rings. The third-order valence-electron chi connectivity index (χ3n) is 2.99. The predicted molar refractivity (Wildman–Crippen MR) is 78.1 cm³/mol. The van der Waals surface area contributed by atoms with Gasteiger partial charge in [-0.2, -0.15) is 0 Å². The number of nitrogens with zero attached hydrogens (tertiary/aromatic N) is 2. The number of aromatic nitrogens is 2. The number of anilines is 1. The van der Waals surface area contributed by atoms with Crippen molar-refractivity contribution in [2.24, 2.45) is 0 Å². The van der Waals surface area contributed by atoms with E-state index in [0.717, 1.165) is 34.6 Å². The molecule has 0 unspecified atom stereocenters. The number of hydrogen-bond acceptors (Lipinski definition) is 6. The van der Waals surface area contributed by atoms with E-state index in [9.17, 15) is 0 Å². The standard InChI is InChI=1S/C15H17N3O3/c1-10-7-15(18-11(2)17-10)16-5-6-19-12-3-4-13-14(8-12)21-9-20-13/h3-4,7-8H,5-6,9H2,1-2H3,(H,16,17,18). The summed E-state index contributed by atoms with van der Waals surface area (Å²) < 4.78 is 16.2. The van der Waals surface area contributed by atoms with Crippen LogP contribution >= 0.6 is 0 Å². The monoisotopic (exact) mass is 287 g/mol. The van der Waals surface area contributed by atoms with Crippen molar-refractivity contribution < 1.29 is 14.2 Å². The van der Waals surface area contributed by atoms with Crippen LogP contribution in [0.1, 0.15) is 11.5 Å². The van der Waals surface area contributed by atoms with Crippen LogP contribution in [0, 0.1) is 13.8 Å². The van der Waals surface area contributed by atoms with Crippen LogP contribution in [0.4, 0.5) is 5.82 Å². The minimum absolute atomic E-state index is 0.271. The van der Waals surface area contributed by atoms with Gasteiger partial charge in [-0.15, -0.1) is 0 Å². The van der Waals surface area contributed by atoms with Crippen molar-refractivity contribution in [2.45, 2.75) is 13.8 Å². The van der Waals surface area contributed by atoms with E-state index < -0.39 is 0 Å². The maximum Gasteiger partial charge on any atom is 0.231 e. The average Bonchev–Trinajstić information content (AvgIpc) is 2.90. The largest absolute Gasteiger partial charge is 0.492 e. The number of nitrogens with one attached hydrogen (secondary N) is 1. The lowest BCUT2D eigenvalue weighted by Crippen LogP contribution is -2.13. The molecular weight excluding hydrogens is 270 g/mol. The van der Waals surface area contributed by atoms with Crippen molar-refractivity contribution in [3.8, 4) is 17.2 Å². The van der Waals surface area contributed by atoms with E-state index in [4.69, 9.17) is 14.2 Å². The van der Waals surface area contributed by atoms with E-state index in [1.165, 1.54) is 0 Å². The third-order valence-corrected chi connectivity index (χ3v) is 2.99. The topological polar surface area (TPSA) is 65.5 Å². The maximum absolute atomic E-state index is 5.67. The van der Waals surface area contributed by atoms with Crippen molar-refractivity contribution in [3.63, 3.8) is 0 Å². The molecule has 3 rings (SSSR count). The van der Waals surface area contributed by atoms with Gasteiger partial charge in [-0.1, -0.05) is 0 Å². The summed E-state index contributed by atoms with van der Waals surface area (Å²) in [5.41, 5.74) is 0.946. The average molecular weight is 287 g/mol. The van der Waals surface area contributed by atoms with E-state index >= 15 is 0 Å². The summed E-state index contributed by atoms with van der Waals surface area (Å²) in [5, 5.41) is 3.22. The summed E-state index contributed by atoms with van der Waals surface area (Å²) in [6.07, 6.45) is 0. The third kappa shape index (κ3) is 3.34. The van der Waals surface area contributed by atoms with Crippen molar-refractivity contribution in [1.29, 1.82) is 0 Å². The van der Waals surface area contributed by atoms with Crippen LogP contribution in [0.2, 0.25) is 0 Å². The number of rotatable bonds is 5. The van der Waals surface area contributed by atoms with Gasteiger partial charge in [-0.3, -0.25) is 0 Å². The Morgan fingerprint density at radius 1 is 1.14 bits per heavy atom. The zero-order chi connectivity index (χ0) is 14.7. The van der Waals surface area contributed by atoms with Crippen LogP contribution in [-0.2, 0) is 0 Å². The fourth-order valence-electron chi connectivity index (χ4n) is 2.12. The van der Waals surface area contributed by atoms with Gasteiger partial charge in [-0.25, -0.2) is 9.97 Å². The molecule has 1 aliphatic rings. The molecule has 110 valence electrons. The van der Waals surface area contributed by atoms with Crippen LogP contribution < -0.4 is 19.5 Å². The molecule has 0 bridgehead atoms. The fraction of sp³-hybridized carbons (Fsp3) is 0.333. The van der Waals surface area contributed by atoms with Gasteiger partial charge in [0.05, 0.1) is 6.54 Å². The zero-order valence-corrected chi connectivity index (χ0v) is 12.0. The van der Waals surface area contributed by atoms with E-state index in [1.807, 2.05) is 38.1 Å². The highest BCUT2D eigenvalue weighted by Crippen LogP contribution is 2.34. The summed E-state index contributed by atoms with van der Waals surface area (Å²) in [6.45, 7) is 5.28. The smallest absolute Gasteiger partial charge is 0.231 e. The molecule has 0 atom stereocenters. The molecule has 1 aromatic heterocycles. The molecule has 0 amide bonds. The second kappa shape index (κ2) is 5.87. The Morgan fingerprint density at radius 2 is 2.00 bits per heavy atom. The van der Waals surface area contributed by atoms with Crippen molar-refractivity contribution in [2.75, 3.05) is 25.3 Å². The number of aryl methyl sites for hydroxylation is 2. The molecule has 0 radical (unpaired) electrons. The molecule has 1 N–H and O–H groups in total. The molecule has 21 heavy (non-hydrogen) atoms. The molecule has 2 heterocycles. The molecule has 0 spiro atoms. The summed E-state index contributed by atoms with van der Waals surface area (Å²) in [6, 6.07) is 7.46. The molecule has 0 saturated carbocycles. The summed E-state index contributed by atoms with van der Waals surface area (Å²) in [4.78, 5) is 8.55. The quantitative estimate of drug-likeness (QED) is 0.851. The van der Waals surface area contributed by atoms with Crippen molar-refractivity contribution >= 4 is 5.82 Å². The Hall–Kier alpha value is -2.50. The molecular formula is C15H17N3O3. The summed E-state index contributed by atoms with van der Waals surface area (Å²) in [5.74, 6) is 3.81. The SMILES string of the molecule is Cc1cc(NCCOc2ccc3c(c2)OCO3)nc(C)n1. The Balaban J connectivity index is 1.50. The molecule has 6 nitrogen and oxygen atoms in total. The first-order valence-corrected chi connectivity index (χ1v) is 6.79. The molecule has 0 fully saturated rings. The Bertz CT molecular complexity index is 626. The lowest BCUT2D eigenvalue weighted by molar-refractivity contribution is 0.174. The maximum atomic E-state index is 5.67. The second-order valence-electron chi connectivity index (χ2n) is 4.73. The Kier molecular flexibility index (Phi) is 3.77. The lowest BCUT2D eigenvalue weighted by Gasteiger charge is -2.09. The molecule has 0 aliphatic carbocycles. The van der Waals surface area contributed by atoms with Crippen LogP contribution in [0.15, 0.2) is 24.3 Å². The van der Waals surface area contributed by atoms with Gasteiger partial charge in [-0.05, 0) is 26.0 Å². The Labute approximate surface area is 123 Å². The number of benzene rings is 1.